The summed E-state index contributed by atoms with van der Waals surface area (Å²) >= 11 is 13.7. The van der Waals surface area contributed by atoms with Gasteiger partial charge in [-0.3, -0.25) is 4.57 Å². The molecule has 3 nitrogen and oxygen atoms in total. The first-order chi connectivity index (χ1) is 15.1. The van der Waals surface area contributed by atoms with Crippen molar-refractivity contribution in [1.29, 1.82) is 0 Å². The van der Waals surface area contributed by atoms with Crippen LogP contribution in [0.2, 0.25) is 35.7 Å². The Balaban J connectivity index is 2.05. The third-order valence-corrected chi connectivity index (χ3v) is 8.12. The maximum Gasteiger partial charge on any atom is 0.141 e. The van der Waals surface area contributed by atoms with Gasteiger partial charge in [0.25, 0.3) is 0 Å². The van der Waals surface area contributed by atoms with Crippen LogP contribution in [0, 0.1) is 11.6 Å². The molecule has 0 bridgehead atoms. The van der Waals surface area contributed by atoms with Crippen molar-refractivity contribution < 1.29 is 13.5 Å². The van der Waals surface area contributed by atoms with Crippen LogP contribution in [-0.2, 0) is 11.5 Å². The molecule has 1 heterocycles. The first kappa shape index (κ1) is 25.2. The summed E-state index contributed by atoms with van der Waals surface area (Å²) in [5, 5.41) is 0.949. The van der Waals surface area contributed by atoms with Crippen LogP contribution < -0.4 is 0 Å². The Morgan fingerprint density at radius 2 is 1.59 bits per heavy atom. The Morgan fingerprint density at radius 1 is 1.03 bits per heavy atom. The van der Waals surface area contributed by atoms with E-state index in [0.717, 1.165) is 22.2 Å². The summed E-state index contributed by atoms with van der Waals surface area (Å²) in [6.07, 6.45) is 3.75. The molecule has 32 heavy (non-hydrogen) atoms. The van der Waals surface area contributed by atoms with Crippen molar-refractivity contribution in [2.75, 3.05) is 12.9 Å². The second kappa shape index (κ2) is 10.7. The van der Waals surface area contributed by atoms with Gasteiger partial charge in [-0.1, -0.05) is 55.0 Å². The lowest BCUT2D eigenvalue weighted by Crippen LogP contribution is -2.22. The average Bonchev–Trinajstić information content (AvgIpc) is 3.12. The molecule has 0 aliphatic heterocycles. The Bertz CT molecular complexity index is 1040. The molecule has 0 unspecified atom stereocenters. The molecule has 3 aromatic rings. The summed E-state index contributed by atoms with van der Waals surface area (Å²) in [6, 6.07) is 10.2. The summed E-state index contributed by atoms with van der Waals surface area (Å²) in [4.78, 5) is 4.67. The lowest BCUT2D eigenvalue weighted by molar-refractivity contribution is 0.0796. The van der Waals surface area contributed by atoms with E-state index in [-0.39, 0.29) is 10.0 Å². The van der Waals surface area contributed by atoms with Crippen LogP contribution in [0.25, 0.3) is 0 Å². The number of halogens is 4. The highest BCUT2D eigenvalue weighted by molar-refractivity contribution is 7.98. The van der Waals surface area contributed by atoms with Gasteiger partial charge < -0.3 is 4.74 Å². The van der Waals surface area contributed by atoms with Crippen molar-refractivity contribution in [3.63, 3.8) is 0 Å². The molecule has 0 aliphatic carbocycles. The lowest BCUT2D eigenvalue weighted by Gasteiger charge is -2.22. The van der Waals surface area contributed by atoms with Gasteiger partial charge in [0.15, 0.2) is 0 Å². The summed E-state index contributed by atoms with van der Waals surface area (Å²) in [7, 11) is -1.22. The highest BCUT2D eigenvalue weighted by Gasteiger charge is 2.25. The van der Waals surface area contributed by atoms with Crippen LogP contribution in [0.15, 0.2) is 47.6 Å². The molecule has 0 atom stereocenters. The quantitative estimate of drug-likeness (QED) is 0.166. The highest BCUT2D eigenvalue weighted by atomic mass is 35.5. The number of thioether (sulfide) groups is 1. The average molecular weight is 516 g/mol. The predicted molar refractivity (Wildman–Crippen MR) is 132 cm³/mol. The van der Waals surface area contributed by atoms with E-state index in [9.17, 15) is 8.78 Å². The Hall–Kier alpha value is -1.38. The van der Waals surface area contributed by atoms with E-state index in [1.54, 1.807) is 42.2 Å². The topological polar surface area (TPSA) is 27.1 Å². The third-order valence-electron chi connectivity index (χ3n) is 5.09. The van der Waals surface area contributed by atoms with E-state index in [2.05, 4.69) is 24.6 Å². The van der Waals surface area contributed by atoms with Crippen LogP contribution >= 0.6 is 35.0 Å². The number of benzene rings is 2. The smallest absolute Gasteiger partial charge is 0.141 e. The molecular weight excluding hydrogens is 489 g/mol. The van der Waals surface area contributed by atoms with Crippen LogP contribution in [-0.4, -0.2) is 30.5 Å². The SMILES string of the molecule is CSc1cnc(C(c2ccc(F)c(Cl)c2)c2ccc(F)c(Cl)c2)n1COCC[Si](C)(C)C. The first-order valence-electron chi connectivity index (χ1n) is 10.2. The zero-order valence-electron chi connectivity index (χ0n) is 18.5. The number of aromatic nitrogens is 2. The van der Waals surface area contributed by atoms with Gasteiger partial charge in [0.05, 0.1) is 27.2 Å². The zero-order chi connectivity index (χ0) is 23.5. The minimum atomic E-state index is -1.22. The Kier molecular flexibility index (Phi) is 8.44. The fourth-order valence-electron chi connectivity index (χ4n) is 3.31. The van der Waals surface area contributed by atoms with Gasteiger partial charge in [-0.15, -0.1) is 11.8 Å². The molecule has 0 spiro atoms. The second-order valence-corrected chi connectivity index (χ2v) is 16.0. The van der Waals surface area contributed by atoms with E-state index in [1.165, 1.54) is 12.1 Å². The molecule has 0 amide bonds. The van der Waals surface area contributed by atoms with Crippen molar-refractivity contribution in [3.8, 4) is 0 Å². The van der Waals surface area contributed by atoms with Crippen molar-refractivity contribution in [1.82, 2.24) is 9.55 Å². The molecule has 3 rings (SSSR count). The van der Waals surface area contributed by atoms with Crippen LogP contribution in [0.4, 0.5) is 8.78 Å². The molecule has 0 saturated heterocycles. The fraction of sp³-hybridized carbons (Fsp3) is 0.348. The predicted octanol–water partition coefficient (Wildman–Crippen LogP) is 7.68. The summed E-state index contributed by atoms with van der Waals surface area (Å²) in [6.45, 7) is 7.91. The van der Waals surface area contributed by atoms with Gasteiger partial charge in [-0.05, 0) is 47.7 Å². The maximum absolute atomic E-state index is 13.9. The van der Waals surface area contributed by atoms with E-state index in [1.807, 2.05) is 10.8 Å². The van der Waals surface area contributed by atoms with Crippen LogP contribution in [0.5, 0.6) is 0 Å². The fourth-order valence-corrected chi connectivity index (χ4v) is 4.96. The highest BCUT2D eigenvalue weighted by Crippen LogP contribution is 2.36. The number of hydrogen-bond donors (Lipinski definition) is 0. The molecule has 1 aromatic heterocycles. The molecule has 9 heteroatoms. The molecular formula is C23H26Cl2F2N2OSSi. The second-order valence-electron chi connectivity index (χ2n) is 8.71. The molecule has 0 radical (unpaired) electrons. The number of nitrogens with zero attached hydrogens (tertiary/aromatic N) is 2. The van der Waals surface area contributed by atoms with E-state index in [0.29, 0.717) is 19.2 Å². The van der Waals surface area contributed by atoms with Crippen molar-refractivity contribution in [2.45, 2.75) is 43.4 Å². The van der Waals surface area contributed by atoms with Gasteiger partial charge in [-0.2, -0.15) is 0 Å². The van der Waals surface area contributed by atoms with Crippen molar-refractivity contribution in [2.24, 2.45) is 0 Å². The zero-order valence-corrected chi connectivity index (χ0v) is 21.8. The summed E-state index contributed by atoms with van der Waals surface area (Å²) in [5.74, 6) is -0.761. The van der Waals surface area contributed by atoms with E-state index >= 15 is 0 Å². The normalized spacial score (nSPS) is 12.0. The largest absolute Gasteiger partial charge is 0.361 e. The van der Waals surface area contributed by atoms with Crippen molar-refractivity contribution >= 4 is 43.0 Å². The van der Waals surface area contributed by atoms with Crippen LogP contribution in [0.1, 0.15) is 22.9 Å². The lowest BCUT2D eigenvalue weighted by atomic mass is 9.90. The monoisotopic (exact) mass is 514 g/mol. The summed E-state index contributed by atoms with van der Waals surface area (Å²) < 4.78 is 35.8. The van der Waals surface area contributed by atoms with E-state index in [4.69, 9.17) is 27.9 Å². The summed E-state index contributed by atoms with van der Waals surface area (Å²) in [5.41, 5.74) is 1.45. The number of ether oxygens (including phenoxy) is 1. The minimum Gasteiger partial charge on any atom is -0.361 e. The first-order valence-corrected chi connectivity index (χ1v) is 15.9. The van der Waals surface area contributed by atoms with Gasteiger partial charge >= 0.3 is 0 Å². The van der Waals surface area contributed by atoms with Gasteiger partial charge in [-0.25, -0.2) is 13.8 Å². The molecule has 0 aliphatic rings. The van der Waals surface area contributed by atoms with Gasteiger partial charge in [0.2, 0.25) is 0 Å². The van der Waals surface area contributed by atoms with E-state index < -0.39 is 25.6 Å². The molecule has 0 N–H and O–H groups in total. The molecule has 172 valence electrons. The molecule has 2 aromatic carbocycles. The maximum atomic E-state index is 13.9. The van der Waals surface area contributed by atoms with Crippen molar-refractivity contribution in [3.05, 3.63) is 81.2 Å². The number of rotatable bonds is 9. The van der Waals surface area contributed by atoms with Gasteiger partial charge in [0.1, 0.15) is 24.2 Å². The third kappa shape index (κ3) is 6.14. The number of imidazole rings is 1. The number of hydrogen-bond acceptors (Lipinski definition) is 3. The standard InChI is InChI=1S/C23H26Cl2F2N2OSSi/c1-31-21-13-28-23(29(21)14-30-9-10-32(2,3)4)22(15-5-7-19(26)17(24)11-15)16-6-8-20(27)18(25)12-16/h5-8,11-13,22H,9-10,14H2,1-4H3. The Labute approximate surface area is 203 Å². The Morgan fingerprint density at radius 3 is 2.06 bits per heavy atom. The minimum absolute atomic E-state index is 0.00953. The van der Waals surface area contributed by atoms with Gasteiger partial charge in [0, 0.05) is 14.7 Å². The van der Waals surface area contributed by atoms with Crippen LogP contribution in [0.3, 0.4) is 0 Å². The molecule has 0 saturated carbocycles. The molecule has 0 fully saturated rings.